The highest BCUT2D eigenvalue weighted by atomic mass is 35.5. The SMILES string of the molecule is CCCc1[nH]c(=S)[nH]c(=O)c1Cc1cccc(Cl)c1. The van der Waals surface area contributed by atoms with Gasteiger partial charge in [0.2, 0.25) is 0 Å². The Morgan fingerprint density at radius 2 is 2.11 bits per heavy atom. The molecule has 0 bridgehead atoms. The molecule has 1 aromatic carbocycles. The van der Waals surface area contributed by atoms with Crippen molar-refractivity contribution in [1.82, 2.24) is 9.97 Å². The molecule has 1 heterocycles. The van der Waals surface area contributed by atoms with E-state index in [1.807, 2.05) is 24.3 Å². The second-order valence-electron chi connectivity index (χ2n) is 4.42. The van der Waals surface area contributed by atoms with Gasteiger partial charge in [-0.25, -0.2) is 0 Å². The molecule has 1 aromatic heterocycles. The number of hydrogen-bond donors (Lipinski definition) is 2. The quantitative estimate of drug-likeness (QED) is 0.846. The molecule has 0 atom stereocenters. The molecule has 19 heavy (non-hydrogen) atoms. The van der Waals surface area contributed by atoms with E-state index < -0.39 is 0 Å². The van der Waals surface area contributed by atoms with Crippen molar-refractivity contribution in [2.75, 3.05) is 0 Å². The minimum atomic E-state index is -0.118. The Labute approximate surface area is 121 Å². The number of rotatable bonds is 4. The number of H-pyrrole nitrogens is 2. The fourth-order valence-corrected chi connectivity index (χ4v) is 2.49. The van der Waals surface area contributed by atoms with Crippen molar-refractivity contribution in [2.45, 2.75) is 26.2 Å². The molecule has 0 unspecified atom stereocenters. The average molecular weight is 295 g/mol. The Bertz CT molecular complexity index is 690. The molecule has 0 radical (unpaired) electrons. The molecule has 0 amide bonds. The first-order chi connectivity index (χ1) is 9.10. The fraction of sp³-hybridized carbons (Fsp3) is 0.286. The molecular formula is C14H15ClN2OS. The predicted molar refractivity (Wildman–Crippen MR) is 80.5 cm³/mol. The smallest absolute Gasteiger partial charge is 0.255 e. The summed E-state index contributed by atoms with van der Waals surface area (Å²) < 4.78 is 0.378. The number of aryl methyl sites for hydroxylation is 1. The summed E-state index contributed by atoms with van der Waals surface area (Å²) in [5.74, 6) is 0. The molecule has 2 N–H and O–H groups in total. The summed E-state index contributed by atoms with van der Waals surface area (Å²) in [4.78, 5) is 17.8. The van der Waals surface area contributed by atoms with Crippen LogP contribution in [-0.2, 0) is 12.8 Å². The number of benzene rings is 1. The van der Waals surface area contributed by atoms with Crippen molar-refractivity contribution in [1.29, 1.82) is 0 Å². The van der Waals surface area contributed by atoms with Crippen LogP contribution in [0.2, 0.25) is 5.02 Å². The van der Waals surface area contributed by atoms with Gasteiger partial charge >= 0.3 is 0 Å². The van der Waals surface area contributed by atoms with Crippen LogP contribution in [0.25, 0.3) is 0 Å². The summed E-state index contributed by atoms with van der Waals surface area (Å²) in [6.07, 6.45) is 2.32. The third-order valence-corrected chi connectivity index (χ3v) is 3.34. The van der Waals surface area contributed by atoms with Gasteiger partial charge in [0.25, 0.3) is 5.56 Å². The van der Waals surface area contributed by atoms with E-state index in [4.69, 9.17) is 23.8 Å². The van der Waals surface area contributed by atoms with Crippen molar-refractivity contribution < 1.29 is 0 Å². The van der Waals surface area contributed by atoms with E-state index in [9.17, 15) is 4.79 Å². The summed E-state index contributed by atoms with van der Waals surface area (Å²) in [5.41, 5.74) is 2.54. The van der Waals surface area contributed by atoms with Gasteiger partial charge < -0.3 is 4.98 Å². The van der Waals surface area contributed by atoms with E-state index in [2.05, 4.69) is 16.9 Å². The van der Waals surface area contributed by atoms with Gasteiger partial charge in [0.05, 0.1) is 0 Å². The summed E-state index contributed by atoms with van der Waals surface area (Å²) in [5, 5.41) is 0.676. The molecule has 0 aliphatic rings. The summed E-state index contributed by atoms with van der Waals surface area (Å²) in [7, 11) is 0. The van der Waals surface area contributed by atoms with Crippen LogP contribution in [0.15, 0.2) is 29.1 Å². The van der Waals surface area contributed by atoms with Crippen LogP contribution in [0.3, 0.4) is 0 Å². The maximum absolute atomic E-state index is 12.0. The Balaban J connectivity index is 2.44. The number of hydrogen-bond acceptors (Lipinski definition) is 2. The Hall–Kier alpha value is -1.39. The molecule has 0 aliphatic heterocycles. The van der Waals surface area contributed by atoms with Gasteiger partial charge in [-0.05, 0) is 36.3 Å². The highest BCUT2D eigenvalue weighted by Gasteiger charge is 2.09. The van der Waals surface area contributed by atoms with Crippen LogP contribution in [0.4, 0.5) is 0 Å². The number of halogens is 1. The van der Waals surface area contributed by atoms with Gasteiger partial charge in [-0.15, -0.1) is 0 Å². The van der Waals surface area contributed by atoms with Crippen molar-refractivity contribution in [2.24, 2.45) is 0 Å². The third-order valence-electron chi connectivity index (χ3n) is 2.90. The van der Waals surface area contributed by atoms with Gasteiger partial charge in [0.15, 0.2) is 4.77 Å². The van der Waals surface area contributed by atoms with E-state index in [0.717, 1.165) is 29.7 Å². The number of nitrogens with one attached hydrogen (secondary N) is 2. The van der Waals surface area contributed by atoms with E-state index in [1.54, 1.807) is 0 Å². The monoisotopic (exact) mass is 294 g/mol. The Kier molecular flexibility index (Phi) is 4.56. The lowest BCUT2D eigenvalue weighted by Gasteiger charge is -2.08. The Morgan fingerprint density at radius 3 is 2.79 bits per heavy atom. The van der Waals surface area contributed by atoms with E-state index >= 15 is 0 Å². The molecule has 0 spiro atoms. The lowest BCUT2D eigenvalue weighted by atomic mass is 10.0. The molecule has 0 saturated carbocycles. The van der Waals surface area contributed by atoms with Crippen LogP contribution in [0.5, 0.6) is 0 Å². The van der Waals surface area contributed by atoms with Gasteiger partial charge in [0, 0.05) is 22.7 Å². The molecule has 0 aliphatic carbocycles. The van der Waals surface area contributed by atoms with Crippen LogP contribution in [0.1, 0.15) is 30.2 Å². The molecule has 0 saturated heterocycles. The zero-order valence-electron chi connectivity index (χ0n) is 10.6. The highest BCUT2D eigenvalue weighted by molar-refractivity contribution is 7.71. The average Bonchev–Trinajstić information content (AvgIpc) is 2.34. The second-order valence-corrected chi connectivity index (χ2v) is 5.27. The summed E-state index contributed by atoms with van der Waals surface area (Å²) in [6.45, 7) is 2.07. The fourth-order valence-electron chi connectivity index (χ4n) is 2.06. The maximum atomic E-state index is 12.0. The van der Waals surface area contributed by atoms with Crippen LogP contribution < -0.4 is 5.56 Å². The lowest BCUT2D eigenvalue weighted by Crippen LogP contribution is -2.18. The van der Waals surface area contributed by atoms with Crippen LogP contribution in [0, 0.1) is 4.77 Å². The summed E-state index contributed by atoms with van der Waals surface area (Å²) in [6, 6.07) is 7.54. The summed E-state index contributed by atoms with van der Waals surface area (Å²) >= 11 is 11.0. The first-order valence-corrected chi connectivity index (χ1v) is 6.97. The minimum Gasteiger partial charge on any atom is -0.336 e. The molecule has 0 fully saturated rings. The van der Waals surface area contributed by atoms with Crippen molar-refractivity contribution in [3.63, 3.8) is 0 Å². The lowest BCUT2D eigenvalue weighted by molar-refractivity contribution is 0.832. The van der Waals surface area contributed by atoms with Gasteiger partial charge in [-0.2, -0.15) is 0 Å². The van der Waals surface area contributed by atoms with Gasteiger partial charge in [-0.1, -0.05) is 37.1 Å². The highest BCUT2D eigenvalue weighted by Crippen LogP contribution is 2.15. The Morgan fingerprint density at radius 1 is 1.32 bits per heavy atom. The first kappa shape index (κ1) is 14.0. The largest absolute Gasteiger partial charge is 0.336 e. The van der Waals surface area contributed by atoms with Crippen molar-refractivity contribution in [3.8, 4) is 0 Å². The maximum Gasteiger partial charge on any atom is 0.255 e. The predicted octanol–water partition coefficient (Wildman–Crippen LogP) is 3.63. The number of aromatic amines is 2. The molecule has 2 rings (SSSR count). The molecule has 2 aromatic rings. The zero-order valence-corrected chi connectivity index (χ0v) is 12.2. The van der Waals surface area contributed by atoms with E-state index in [0.29, 0.717) is 16.2 Å². The van der Waals surface area contributed by atoms with Crippen molar-refractivity contribution >= 4 is 23.8 Å². The molecular weight excluding hydrogens is 280 g/mol. The van der Waals surface area contributed by atoms with Gasteiger partial charge in [0.1, 0.15) is 0 Å². The molecule has 3 nitrogen and oxygen atoms in total. The van der Waals surface area contributed by atoms with Crippen LogP contribution >= 0.6 is 23.8 Å². The van der Waals surface area contributed by atoms with E-state index in [-0.39, 0.29) is 5.56 Å². The molecule has 5 heteroatoms. The van der Waals surface area contributed by atoms with Crippen LogP contribution in [-0.4, -0.2) is 9.97 Å². The van der Waals surface area contributed by atoms with E-state index in [1.165, 1.54) is 0 Å². The standard InChI is InChI=1S/C14H15ClN2OS/c1-2-4-12-11(13(18)17-14(19)16-12)8-9-5-3-6-10(15)7-9/h3,5-7H,2,4,8H2,1H3,(H2,16,17,18,19). The third kappa shape index (κ3) is 3.55. The topological polar surface area (TPSA) is 48.6 Å². The first-order valence-electron chi connectivity index (χ1n) is 6.19. The normalized spacial score (nSPS) is 10.6. The minimum absolute atomic E-state index is 0.118. The van der Waals surface area contributed by atoms with Gasteiger partial charge in [-0.3, -0.25) is 9.78 Å². The number of aromatic nitrogens is 2. The second kappa shape index (κ2) is 6.17. The van der Waals surface area contributed by atoms with Crippen molar-refractivity contribution in [3.05, 3.63) is 61.2 Å². The zero-order chi connectivity index (χ0) is 13.8. The molecule has 100 valence electrons.